The van der Waals surface area contributed by atoms with E-state index in [1.54, 1.807) is 4.90 Å². The van der Waals surface area contributed by atoms with E-state index in [9.17, 15) is 4.79 Å². The topological polar surface area (TPSA) is 36.0 Å². The number of hydrogen-bond acceptors (Lipinski definition) is 4. The van der Waals surface area contributed by atoms with Gasteiger partial charge in [-0.2, -0.15) is 0 Å². The van der Waals surface area contributed by atoms with Crippen molar-refractivity contribution in [2.45, 2.75) is 19.8 Å². The summed E-state index contributed by atoms with van der Waals surface area (Å²) in [5, 5.41) is 0. The van der Waals surface area contributed by atoms with Crippen molar-refractivity contribution in [3.05, 3.63) is 29.3 Å². The molecule has 3 rings (SSSR count). The fraction of sp³-hybridized carbons (Fsp3) is 0.632. The molecule has 0 unspecified atom stereocenters. The first-order valence-corrected chi connectivity index (χ1v) is 9.13. The number of fused-ring (bicyclic) bond motifs is 1. The van der Waals surface area contributed by atoms with Crippen molar-refractivity contribution in [2.24, 2.45) is 0 Å². The second-order valence-corrected chi connectivity index (χ2v) is 6.77. The van der Waals surface area contributed by atoms with E-state index in [1.165, 1.54) is 13.1 Å². The van der Waals surface area contributed by atoms with Crippen LogP contribution in [0.2, 0.25) is 0 Å². The van der Waals surface area contributed by atoms with Crippen LogP contribution in [0.5, 0.6) is 5.75 Å². The summed E-state index contributed by atoms with van der Waals surface area (Å²) in [5.41, 5.74) is 1.94. The summed E-state index contributed by atoms with van der Waals surface area (Å²) in [6.45, 7) is 10.7. The number of hydrogen-bond donors (Lipinski definition) is 0. The molecular weight excluding hydrogens is 302 g/mol. The van der Waals surface area contributed by atoms with E-state index in [0.717, 1.165) is 62.4 Å². The normalized spacial score (nSPS) is 19.4. The molecule has 132 valence electrons. The van der Waals surface area contributed by atoms with Gasteiger partial charge in [0, 0.05) is 51.9 Å². The predicted molar refractivity (Wildman–Crippen MR) is 95.8 cm³/mol. The van der Waals surface area contributed by atoms with Crippen molar-refractivity contribution in [1.29, 1.82) is 0 Å². The molecule has 1 aromatic carbocycles. The Morgan fingerprint density at radius 2 is 1.83 bits per heavy atom. The van der Waals surface area contributed by atoms with Gasteiger partial charge in [-0.15, -0.1) is 0 Å². The van der Waals surface area contributed by atoms with Crippen LogP contribution in [0.25, 0.3) is 0 Å². The Balaban J connectivity index is 1.44. The maximum Gasteiger partial charge on any atom is 0.254 e. The number of ether oxygens (including phenoxy) is 1. The van der Waals surface area contributed by atoms with Crippen LogP contribution in [0.1, 0.15) is 29.3 Å². The minimum Gasteiger partial charge on any atom is -0.494 e. The summed E-state index contributed by atoms with van der Waals surface area (Å²) in [6, 6.07) is 5.95. The standard InChI is InChI=1S/C19H29N3O2/c1-3-21-10-12-22(13-11-21)8-4-14-24-17-6-5-16-7-9-20(2)19(23)18(16)15-17/h5-6,15H,3-4,7-14H2,1-2H3. The molecular formula is C19H29N3O2. The minimum absolute atomic E-state index is 0.107. The van der Waals surface area contributed by atoms with Crippen molar-refractivity contribution in [3.8, 4) is 5.75 Å². The maximum atomic E-state index is 12.2. The fourth-order valence-electron chi connectivity index (χ4n) is 3.47. The van der Waals surface area contributed by atoms with Crippen LogP contribution >= 0.6 is 0 Å². The van der Waals surface area contributed by atoms with Crippen molar-refractivity contribution < 1.29 is 9.53 Å². The molecule has 0 aliphatic carbocycles. The first-order chi connectivity index (χ1) is 11.7. The highest BCUT2D eigenvalue weighted by molar-refractivity contribution is 5.97. The summed E-state index contributed by atoms with van der Waals surface area (Å²) >= 11 is 0. The third-order valence-electron chi connectivity index (χ3n) is 5.17. The number of carbonyl (C=O) groups is 1. The van der Waals surface area contributed by atoms with Crippen LogP contribution in [0, 0.1) is 0 Å². The zero-order chi connectivity index (χ0) is 16.9. The quantitative estimate of drug-likeness (QED) is 0.744. The Morgan fingerprint density at radius 1 is 1.08 bits per heavy atom. The Morgan fingerprint density at radius 3 is 2.58 bits per heavy atom. The lowest BCUT2D eigenvalue weighted by molar-refractivity contribution is 0.0780. The van der Waals surface area contributed by atoms with E-state index in [4.69, 9.17) is 4.74 Å². The average molecular weight is 331 g/mol. The van der Waals surface area contributed by atoms with Crippen LogP contribution in [-0.4, -0.2) is 80.1 Å². The number of amides is 1. The summed E-state index contributed by atoms with van der Waals surface area (Å²) in [5.74, 6) is 0.920. The molecule has 5 nitrogen and oxygen atoms in total. The molecule has 24 heavy (non-hydrogen) atoms. The number of benzene rings is 1. The molecule has 0 saturated carbocycles. The molecule has 2 heterocycles. The highest BCUT2D eigenvalue weighted by Gasteiger charge is 2.21. The molecule has 5 heteroatoms. The number of rotatable bonds is 6. The van der Waals surface area contributed by atoms with Crippen molar-refractivity contribution >= 4 is 5.91 Å². The average Bonchev–Trinajstić information content (AvgIpc) is 2.62. The van der Waals surface area contributed by atoms with Gasteiger partial charge in [0.15, 0.2) is 0 Å². The van der Waals surface area contributed by atoms with E-state index >= 15 is 0 Å². The van der Waals surface area contributed by atoms with E-state index < -0.39 is 0 Å². The summed E-state index contributed by atoms with van der Waals surface area (Å²) in [4.78, 5) is 19.0. The molecule has 0 N–H and O–H groups in total. The van der Waals surface area contributed by atoms with E-state index in [2.05, 4.69) is 16.7 Å². The van der Waals surface area contributed by atoms with Crippen LogP contribution in [0.4, 0.5) is 0 Å². The first kappa shape index (κ1) is 17.2. The third-order valence-corrected chi connectivity index (χ3v) is 5.17. The maximum absolute atomic E-state index is 12.2. The number of carbonyl (C=O) groups excluding carboxylic acids is 1. The highest BCUT2D eigenvalue weighted by Crippen LogP contribution is 2.23. The summed E-state index contributed by atoms with van der Waals surface area (Å²) < 4.78 is 5.88. The second kappa shape index (κ2) is 7.99. The summed E-state index contributed by atoms with van der Waals surface area (Å²) in [6.07, 6.45) is 1.96. The Hall–Kier alpha value is -1.59. The van der Waals surface area contributed by atoms with Crippen molar-refractivity contribution in [1.82, 2.24) is 14.7 Å². The minimum atomic E-state index is 0.107. The van der Waals surface area contributed by atoms with Gasteiger partial charge in [-0.1, -0.05) is 13.0 Å². The lowest BCUT2D eigenvalue weighted by Gasteiger charge is -2.33. The smallest absolute Gasteiger partial charge is 0.254 e. The molecule has 0 bridgehead atoms. The van der Waals surface area contributed by atoms with Gasteiger partial charge in [-0.05, 0) is 37.1 Å². The first-order valence-electron chi connectivity index (χ1n) is 9.13. The zero-order valence-electron chi connectivity index (χ0n) is 15.0. The molecule has 2 aliphatic rings. The molecule has 2 aliphatic heterocycles. The molecule has 1 saturated heterocycles. The lowest BCUT2D eigenvalue weighted by Crippen LogP contribution is -2.46. The summed E-state index contributed by atoms with van der Waals surface area (Å²) in [7, 11) is 1.86. The van der Waals surface area contributed by atoms with Gasteiger partial charge in [0.2, 0.25) is 0 Å². The van der Waals surface area contributed by atoms with Gasteiger partial charge in [0.25, 0.3) is 5.91 Å². The monoisotopic (exact) mass is 331 g/mol. The van der Waals surface area contributed by atoms with Crippen LogP contribution in [0.3, 0.4) is 0 Å². The van der Waals surface area contributed by atoms with Gasteiger partial charge < -0.3 is 19.4 Å². The Kier molecular flexibility index (Phi) is 5.74. The molecule has 1 fully saturated rings. The Labute approximate surface area is 145 Å². The molecule has 0 aromatic heterocycles. The van der Waals surface area contributed by atoms with Gasteiger partial charge in [-0.25, -0.2) is 0 Å². The number of likely N-dealkylation sites (N-methyl/N-ethyl adjacent to an activating group) is 2. The fourth-order valence-corrected chi connectivity index (χ4v) is 3.47. The Bertz CT molecular complexity index is 568. The van der Waals surface area contributed by atoms with E-state index in [0.29, 0.717) is 6.61 Å². The van der Waals surface area contributed by atoms with Gasteiger partial charge in [0.05, 0.1) is 6.61 Å². The van der Waals surface area contributed by atoms with E-state index in [-0.39, 0.29) is 5.91 Å². The van der Waals surface area contributed by atoms with Gasteiger partial charge in [0.1, 0.15) is 5.75 Å². The highest BCUT2D eigenvalue weighted by atomic mass is 16.5. The van der Waals surface area contributed by atoms with Crippen molar-refractivity contribution in [3.63, 3.8) is 0 Å². The largest absolute Gasteiger partial charge is 0.494 e. The van der Waals surface area contributed by atoms with Gasteiger partial charge in [-0.3, -0.25) is 4.79 Å². The van der Waals surface area contributed by atoms with E-state index in [1.807, 2.05) is 25.2 Å². The predicted octanol–water partition coefficient (Wildman–Crippen LogP) is 1.72. The van der Waals surface area contributed by atoms with Crippen LogP contribution in [0.15, 0.2) is 18.2 Å². The number of nitrogens with zero attached hydrogens (tertiary/aromatic N) is 3. The van der Waals surface area contributed by atoms with Crippen LogP contribution < -0.4 is 4.74 Å². The number of piperazine rings is 1. The molecule has 0 radical (unpaired) electrons. The van der Waals surface area contributed by atoms with Crippen molar-refractivity contribution in [2.75, 3.05) is 59.5 Å². The van der Waals surface area contributed by atoms with Gasteiger partial charge >= 0.3 is 0 Å². The second-order valence-electron chi connectivity index (χ2n) is 6.77. The van der Waals surface area contributed by atoms with Crippen LogP contribution in [-0.2, 0) is 6.42 Å². The SMILES string of the molecule is CCN1CCN(CCCOc2ccc3c(c2)C(=O)N(C)CC3)CC1. The molecule has 1 aromatic rings. The lowest BCUT2D eigenvalue weighted by atomic mass is 9.99. The molecule has 0 spiro atoms. The third kappa shape index (κ3) is 4.08. The zero-order valence-corrected chi connectivity index (χ0v) is 15.0. The molecule has 1 amide bonds. The molecule has 0 atom stereocenters.